The Morgan fingerprint density at radius 1 is 0.404 bits per heavy atom. The lowest BCUT2D eigenvalue weighted by Gasteiger charge is -2.45. The van der Waals surface area contributed by atoms with Gasteiger partial charge in [0.15, 0.2) is 0 Å². The van der Waals surface area contributed by atoms with E-state index in [2.05, 4.69) is 216 Å². The molecule has 10 rings (SSSR count). The molecule has 4 heteroatoms. The number of para-hydroxylation sites is 4. The predicted molar refractivity (Wildman–Crippen MR) is 224 cm³/mol. The summed E-state index contributed by atoms with van der Waals surface area (Å²) in [6.45, 7) is 5.07. The molecule has 8 aromatic rings. The van der Waals surface area contributed by atoms with Gasteiger partial charge in [0.25, 0.3) is 0 Å². The molecule has 2 heterocycles. The lowest BCUT2D eigenvalue weighted by atomic mass is 9.90. The van der Waals surface area contributed by atoms with Crippen molar-refractivity contribution in [2.45, 2.75) is 13.1 Å². The van der Waals surface area contributed by atoms with E-state index in [1.807, 2.05) is 0 Å². The summed E-state index contributed by atoms with van der Waals surface area (Å²) in [6.07, 6.45) is 0. The zero-order chi connectivity index (χ0) is 34.8. The van der Waals surface area contributed by atoms with E-state index in [4.69, 9.17) is 0 Å². The normalized spacial score (nSPS) is 13.7. The zero-order valence-corrected chi connectivity index (χ0v) is 30.2. The highest BCUT2D eigenvalue weighted by Crippen LogP contribution is 2.53. The Labute approximate surface area is 306 Å². The van der Waals surface area contributed by atoms with Crippen LogP contribution in [0.15, 0.2) is 188 Å². The molecule has 0 bridgehead atoms. The Balaban J connectivity index is 1.23. The number of nitrogens with zero attached hydrogens (tertiary/aromatic N) is 3. The number of fused-ring (bicyclic) bond motifs is 5. The van der Waals surface area contributed by atoms with E-state index in [1.54, 1.807) is 0 Å². The van der Waals surface area contributed by atoms with Crippen molar-refractivity contribution in [3.05, 3.63) is 188 Å². The first-order valence-corrected chi connectivity index (χ1v) is 21.0. The molecular formula is C48H37N3Si. The lowest BCUT2D eigenvalue weighted by molar-refractivity contribution is 1.24. The van der Waals surface area contributed by atoms with Gasteiger partial charge in [-0.15, -0.1) is 0 Å². The van der Waals surface area contributed by atoms with E-state index in [9.17, 15) is 0 Å². The van der Waals surface area contributed by atoms with Gasteiger partial charge in [-0.2, -0.15) is 0 Å². The van der Waals surface area contributed by atoms with Gasteiger partial charge in [0.1, 0.15) is 8.07 Å². The summed E-state index contributed by atoms with van der Waals surface area (Å²) in [5.74, 6) is 0. The largest absolute Gasteiger partial charge is 0.311 e. The van der Waals surface area contributed by atoms with E-state index in [0.717, 1.165) is 22.7 Å². The fourth-order valence-corrected chi connectivity index (χ4v) is 11.9. The van der Waals surface area contributed by atoms with E-state index >= 15 is 0 Å². The maximum absolute atomic E-state index is 2.56. The van der Waals surface area contributed by atoms with Gasteiger partial charge in [0.05, 0.1) is 11.4 Å². The van der Waals surface area contributed by atoms with Crippen LogP contribution in [-0.2, 0) is 0 Å². The van der Waals surface area contributed by atoms with Crippen LogP contribution in [0.5, 0.6) is 0 Å². The average Bonchev–Trinajstić information content (AvgIpc) is 3.20. The molecule has 2 aliphatic heterocycles. The highest BCUT2D eigenvalue weighted by atomic mass is 28.3. The minimum absolute atomic E-state index is 1.12. The molecule has 0 unspecified atom stereocenters. The summed E-state index contributed by atoms with van der Waals surface area (Å²) in [7, 11) is -2.27. The van der Waals surface area contributed by atoms with Crippen LogP contribution in [0.3, 0.4) is 0 Å². The molecule has 248 valence electrons. The van der Waals surface area contributed by atoms with Crippen molar-refractivity contribution in [2.24, 2.45) is 0 Å². The second-order valence-corrected chi connectivity index (χ2v) is 18.5. The van der Waals surface area contributed by atoms with Gasteiger partial charge >= 0.3 is 0 Å². The third-order valence-corrected chi connectivity index (χ3v) is 14.4. The number of rotatable bonds is 5. The topological polar surface area (TPSA) is 9.72 Å². The lowest BCUT2D eigenvalue weighted by Crippen LogP contribution is -2.59. The summed E-state index contributed by atoms with van der Waals surface area (Å²) in [5, 5.41) is 5.46. The van der Waals surface area contributed by atoms with Crippen molar-refractivity contribution in [1.29, 1.82) is 0 Å². The first kappa shape index (κ1) is 30.5. The highest BCUT2D eigenvalue weighted by molar-refractivity contribution is 7.03. The molecular weight excluding hydrogens is 647 g/mol. The Kier molecular flexibility index (Phi) is 6.95. The van der Waals surface area contributed by atoms with Crippen molar-refractivity contribution in [1.82, 2.24) is 0 Å². The fraction of sp³-hybridized carbons (Fsp3) is 0.0417. The first-order valence-electron chi connectivity index (χ1n) is 18.0. The summed E-state index contributed by atoms with van der Waals surface area (Å²) < 4.78 is 0. The van der Waals surface area contributed by atoms with Gasteiger partial charge in [0.2, 0.25) is 0 Å². The molecule has 0 aromatic heterocycles. The van der Waals surface area contributed by atoms with Crippen molar-refractivity contribution in [3.63, 3.8) is 0 Å². The van der Waals surface area contributed by atoms with Gasteiger partial charge in [-0.3, -0.25) is 0 Å². The Morgan fingerprint density at radius 2 is 0.962 bits per heavy atom. The average molecular weight is 684 g/mol. The minimum Gasteiger partial charge on any atom is -0.311 e. The monoisotopic (exact) mass is 683 g/mol. The molecule has 0 amide bonds. The Morgan fingerprint density at radius 3 is 1.65 bits per heavy atom. The van der Waals surface area contributed by atoms with Crippen LogP contribution >= 0.6 is 0 Å². The zero-order valence-electron chi connectivity index (χ0n) is 29.2. The van der Waals surface area contributed by atoms with Crippen LogP contribution in [0, 0.1) is 0 Å². The molecule has 0 atom stereocenters. The molecule has 0 saturated heterocycles. The molecule has 0 aliphatic carbocycles. The Bertz CT molecular complexity index is 2560. The first-order chi connectivity index (χ1) is 25.6. The third-order valence-electron chi connectivity index (χ3n) is 10.9. The molecule has 0 saturated carbocycles. The summed E-state index contributed by atoms with van der Waals surface area (Å²) in [5.41, 5.74) is 13.4. The molecule has 8 aromatic carbocycles. The molecule has 3 nitrogen and oxygen atoms in total. The summed E-state index contributed by atoms with van der Waals surface area (Å²) in [4.78, 5) is 7.38. The van der Waals surface area contributed by atoms with Crippen LogP contribution in [-0.4, -0.2) is 8.07 Å². The molecule has 0 radical (unpaired) electrons. The Hall–Kier alpha value is -6.36. The van der Waals surface area contributed by atoms with Crippen molar-refractivity contribution < 1.29 is 0 Å². The predicted octanol–water partition coefficient (Wildman–Crippen LogP) is 12.4. The second kappa shape index (κ2) is 11.9. The van der Waals surface area contributed by atoms with Gasteiger partial charge in [-0.05, 0) is 100 Å². The molecule has 2 aliphatic rings. The van der Waals surface area contributed by atoms with Crippen molar-refractivity contribution >= 4 is 80.4 Å². The fourth-order valence-electron chi connectivity index (χ4n) is 8.62. The molecule has 52 heavy (non-hydrogen) atoms. The smallest absolute Gasteiger partial charge is 0.120 e. The number of anilines is 9. The molecule has 0 spiro atoms. The van der Waals surface area contributed by atoms with Gasteiger partial charge in [0, 0.05) is 50.8 Å². The van der Waals surface area contributed by atoms with Crippen LogP contribution in [0.25, 0.3) is 21.9 Å². The number of hydrogen-bond acceptors (Lipinski definition) is 3. The van der Waals surface area contributed by atoms with Crippen LogP contribution < -0.4 is 25.1 Å². The summed E-state index contributed by atoms with van der Waals surface area (Å²) in [6, 6.07) is 68.7. The maximum atomic E-state index is 2.56. The van der Waals surface area contributed by atoms with Gasteiger partial charge in [-0.25, -0.2) is 0 Å². The summed E-state index contributed by atoms with van der Waals surface area (Å²) >= 11 is 0. The third kappa shape index (κ3) is 4.58. The molecule has 0 N–H and O–H groups in total. The van der Waals surface area contributed by atoms with Gasteiger partial charge < -0.3 is 14.7 Å². The van der Waals surface area contributed by atoms with E-state index in [-0.39, 0.29) is 0 Å². The van der Waals surface area contributed by atoms with Crippen LogP contribution in [0.4, 0.5) is 51.2 Å². The standard InChI is InChI=1S/C48H37N3Si/c1-52(2)45-27-13-12-25-42(45)50(37-22-10-5-11-23-37)44-33-32-41-40-24-14-16-34-17-15-26-43(46(34)40)51(47(41)48(44)52)39-30-28-38(29-31-39)49(35-18-6-3-7-19-35)36-20-8-4-9-21-36/h3-33H,1-2H3. The van der Waals surface area contributed by atoms with Crippen LogP contribution in [0.2, 0.25) is 13.1 Å². The number of benzene rings is 8. The SMILES string of the molecule is C[Si]1(C)c2ccccc2N(c2ccccc2)c2ccc3c(c21)N(c1ccc(N(c2ccccc2)c2ccccc2)cc1)c1cccc2cccc-3c12. The highest BCUT2D eigenvalue weighted by Gasteiger charge is 2.43. The van der Waals surface area contributed by atoms with Crippen molar-refractivity contribution in [3.8, 4) is 11.1 Å². The second-order valence-electron chi connectivity index (χ2n) is 14.2. The van der Waals surface area contributed by atoms with Gasteiger partial charge in [-0.1, -0.05) is 122 Å². The van der Waals surface area contributed by atoms with E-state index < -0.39 is 8.07 Å². The number of hydrogen-bond donors (Lipinski definition) is 0. The maximum Gasteiger partial charge on any atom is 0.120 e. The van der Waals surface area contributed by atoms with Crippen molar-refractivity contribution in [2.75, 3.05) is 14.7 Å². The quantitative estimate of drug-likeness (QED) is 0.167. The molecule has 0 fully saturated rings. The van der Waals surface area contributed by atoms with E-state index in [0.29, 0.717) is 0 Å². The van der Waals surface area contributed by atoms with Crippen LogP contribution in [0.1, 0.15) is 0 Å². The minimum atomic E-state index is -2.27. The van der Waals surface area contributed by atoms with E-state index in [1.165, 1.54) is 60.7 Å².